The molecule has 0 bridgehead atoms. The Hall–Kier alpha value is -2.14. The molecule has 0 radical (unpaired) electrons. The predicted octanol–water partition coefficient (Wildman–Crippen LogP) is 3.33. The summed E-state index contributed by atoms with van der Waals surface area (Å²) >= 11 is 0. The number of aliphatic carboxylic acids is 1. The number of hydrogen-bond acceptors (Lipinski definition) is 3. The molecule has 0 aromatic heterocycles. The molecule has 128 valence electrons. The summed E-state index contributed by atoms with van der Waals surface area (Å²) in [7, 11) is -3.45. The van der Waals surface area contributed by atoms with Crippen LogP contribution in [0.1, 0.15) is 24.0 Å². The first-order valence-electron chi connectivity index (χ1n) is 7.97. The molecule has 2 aromatic carbocycles. The van der Waals surface area contributed by atoms with Gasteiger partial charge < -0.3 is 5.11 Å². The van der Waals surface area contributed by atoms with Crippen molar-refractivity contribution in [1.82, 2.24) is 0 Å². The average Bonchev–Trinajstić information content (AvgIpc) is 2.55. The Labute approximate surface area is 143 Å². The summed E-state index contributed by atoms with van der Waals surface area (Å²) in [5.74, 6) is -2.33. The third kappa shape index (κ3) is 6.16. The number of benzene rings is 2. The highest BCUT2D eigenvalue weighted by Gasteiger charge is 2.25. The van der Waals surface area contributed by atoms with E-state index in [1.165, 1.54) is 0 Å². The molecule has 0 aliphatic rings. The van der Waals surface area contributed by atoms with Crippen LogP contribution in [0.4, 0.5) is 0 Å². The zero-order valence-electron chi connectivity index (χ0n) is 13.5. The second-order valence-corrected chi connectivity index (χ2v) is 8.06. The van der Waals surface area contributed by atoms with Crippen molar-refractivity contribution in [3.05, 3.63) is 71.8 Å². The lowest BCUT2D eigenvalue weighted by atomic mass is 10.0. The highest BCUT2D eigenvalue weighted by molar-refractivity contribution is 7.90. The van der Waals surface area contributed by atoms with Gasteiger partial charge in [0.05, 0.1) is 17.4 Å². The minimum absolute atomic E-state index is 0.115. The molecule has 5 heteroatoms. The number of carboxylic acid groups (broad SMARTS) is 1. The second-order valence-electron chi connectivity index (χ2n) is 5.95. The van der Waals surface area contributed by atoms with Gasteiger partial charge in [-0.15, -0.1) is 0 Å². The first-order valence-corrected chi connectivity index (χ1v) is 9.79. The van der Waals surface area contributed by atoms with Gasteiger partial charge in [0.25, 0.3) is 0 Å². The van der Waals surface area contributed by atoms with Crippen LogP contribution >= 0.6 is 0 Å². The average molecular weight is 346 g/mol. The summed E-state index contributed by atoms with van der Waals surface area (Å²) in [4.78, 5) is 11.4. The van der Waals surface area contributed by atoms with E-state index in [4.69, 9.17) is 0 Å². The van der Waals surface area contributed by atoms with Crippen molar-refractivity contribution in [3.8, 4) is 0 Å². The molecular formula is C19H22O4S. The Morgan fingerprint density at radius 2 is 1.46 bits per heavy atom. The summed E-state index contributed by atoms with van der Waals surface area (Å²) in [6.45, 7) is 0. The third-order valence-electron chi connectivity index (χ3n) is 3.89. The first kappa shape index (κ1) is 18.2. The molecule has 2 aromatic rings. The van der Waals surface area contributed by atoms with E-state index >= 15 is 0 Å². The van der Waals surface area contributed by atoms with Crippen LogP contribution in [0.2, 0.25) is 0 Å². The van der Waals surface area contributed by atoms with Gasteiger partial charge in [0, 0.05) is 0 Å². The highest BCUT2D eigenvalue weighted by Crippen LogP contribution is 2.16. The van der Waals surface area contributed by atoms with Gasteiger partial charge in [0.1, 0.15) is 0 Å². The molecule has 0 aliphatic carbocycles. The van der Waals surface area contributed by atoms with Crippen LogP contribution < -0.4 is 0 Å². The fourth-order valence-electron chi connectivity index (χ4n) is 2.67. The first-order chi connectivity index (χ1) is 11.5. The Balaban J connectivity index is 1.91. The third-order valence-corrected chi connectivity index (χ3v) is 5.58. The molecule has 0 fully saturated rings. The van der Waals surface area contributed by atoms with Crippen molar-refractivity contribution in [2.24, 2.45) is 5.92 Å². The largest absolute Gasteiger partial charge is 0.481 e. The Kier molecular flexibility index (Phi) is 6.55. The van der Waals surface area contributed by atoms with Crippen molar-refractivity contribution in [3.63, 3.8) is 0 Å². The van der Waals surface area contributed by atoms with Gasteiger partial charge in [-0.25, -0.2) is 8.42 Å². The minimum Gasteiger partial charge on any atom is -0.481 e. The molecule has 0 saturated heterocycles. The Bertz CT molecular complexity index is 739. The van der Waals surface area contributed by atoms with E-state index in [1.807, 2.05) is 36.4 Å². The van der Waals surface area contributed by atoms with Gasteiger partial charge in [-0.2, -0.15) is 0 Å². The number of rotatable bonds is 9. The van der Waals surface area contributed by atoms with Gasteiger partial charge in [0.2, 0.25) is 0 Å². The van der Waals surface area contributed by atoms with Crippen molar-refractivity contribution >= 4 is 15.8 Å². The monoisotopic (exact) mass is 346 g/mol. The maximum absolute atomic E-state index is 12.3. The summed E-state index contributed by atoms with van der Waals surface area (Å²) in [5.41, 5.74) is 1.82. The molecule has 0 unspecified atom stereocenters. The lowest BCUT2D eigenvalue weighted by Gasteiger charge is -2.13. The standard InChI is InChI=1S/C19H22O4S/c20-19(21)18(13-7-12-16-8-3-1-4-9-16)15-24(22,23)14-17-10-5-2-6-11-17/h1-6,8-11,18H,7,12-15H2,(H,20,21)/t18-/m0/s1. The Morgan fingerprint density at radius 3 is 2.00 bits per heavy atom. The lowest BCUT2D eigenvalue weighted by molar-refractivity contribution is -0.141. The molecule has 24 heavy (non-hydrogen) atoms. The normalized spacial score (nSPS) is 12.7. The minimum atomic E-state index is -3.45. The number of hydrogen-bond donors (Lipinski definition) is 1. The topological polar surface area (TPSA) is 71.4 Å². The molecule has 1 atom stereocenters. The van der Waals surface area contributed by atoms with E-state index in [0.717, 1.165) is 12.0 Å². The summed E-state index contributed by atoms with van der Waals surface area (Å²) in [5, 5.41) is 9.34. The summed E-state index contributed by atoms with van der Waals surface area (Å²) < 4.78 is 24.6. The molecule has 0 spiro atoms. The van der Waals surface area contributed by atoms with Crippen LogP contribution in [-0.2, 0) is 26.8 Å². The van der Waals surface area contributed by atoms with Crippen LogP contribution in [0.15, 0.2) is 60.7 Å². The maximum atomic E-state index is 12.3. The number of sulfone groups is 1. The van der Waals surface area contributed by atoms with Gasteiger partial charge in [0.15, 0.2) is 9.84 Å². The van der Waals surface area contributed by atoms with Crippen molar-refractivity contribution in [2.75, 3.05) is 5.75 Å². The van der Waals surface area contributed by atoms with Gasteiger partial charge in [-0.05, 0) is 30.4 Å². The molecule has 4 nitrogen and oxygen atoms in total. The SMILES string of the molecule is O=C(O)[C@@H](CCCc1ccccc1)CS(=O)(=O)Cc1ccccc1. The number of carbonyl (C=O) groups is 1. The molecule has 0 amide bonds. The van der Waals surface area contributed by atoms with E-state index in [0.29, 0.717) is 18.4 Å². The molecule has 0 saturated carbocycles. The fraction of sp³-hybridized carbons (Fsp3) is 0.316. The Morgan fingerprint density at radius 1 is 0.917 bits per heavy atom. The summed E-state index contributed by atoms with van der Waals surface area (Å²) in [6.07, 6.45) is 1.77. The van der Waals surface area contributed by atoms with E-state index in [-0.39, 0.29) is 11.5 Å². The molecular weight excluding hydrogens is 324 g/mol. The van der Waals surface area contributed by atoms with Gasteiger partial charge >= 0.3 is 5.97 Å². The van der Waals surface area contributed by atoms with Crippen molar-refractivity contribution in [2.45, 2.75) is 25.0 Å². The van der Waals surface area contributed by atoms with Crippen LogP contribution in [0.5, 0.6) is 0 Å². The van der Waals surface area contributed by atoms with Crippen LogP contribution in [0, 0.1) is 5.92 Å². The molecule has 0 heterocycles. The zero-order valence-corrected chi connectivity index (χ0v) is 14.3. The molecule has 1 N–H and O–H groups in total. The van der Waals surface area contributed by atoms with Crippen molar-refractivity contribution in [1.29, 1.82) is 0 Å². The van der Waals surface area contributed by atoms with Gasteiger partial charge in [-0.1, -0.05) is 60.7 Å². The summed E-state index contributed by atoms with van der Waals surface area (Å²) in [6, 6.07) is 18.6. The maximum Gasteiger partial charge on any atom is 0.307 e. The fourth-order valence-corrected chi connectivity index (χ4v) is 4.41. The zero-order chi connectivity index (χ0) is 17.4. The smallest absolute Gasteiger partial charge is 0.307 e. The van der Waals surface area contributed by atoms with E-state index < -0.39 is 21.7 Å². The number of carboxylic acids is 1. The van der Waals surface area contributed by atoms with E-state index in [1.54, 1.807) is 24.3 Å². The second kappa shape index (κ2) is 8.64. The lowest BCUT2D eigenvalue weighted by Crippen LogP contribution is -2.25. The van der Waals surface area contributed by atoms with Crippen LogP contribution in [-0.4, -0.2) is 25.2 Å². The molecule has 0 aliphatic heterocycles. The molecule has 2 rings (SSSR count). The quantitative estimate of drug-likeness (QED) is 0.756. The predicted molar refractivity (Wildman–Crippen MR) is 94.4 cm³/mol. The number of aryl methyl sites for hydroxylation is 1. The van der Waals surface area contributed by atoms with Crippen LogP contribution in [0.3, 0.4) is 0 Å². The highest BCUT2D eigenvalue weighted by atomic mass is 32.2. The van der Waals surface area contributed by atoms with Crippen LogP contribution in [0.25, 0.3) is 0 Å². The van der Waals surface area contributed by atoms with Gasteiger partial charge in [-0.3, -0.25) is 4.79 Å². The van der Waals surface area contributed by atoms with E-state index in [2.05, 4.69) is 0 Å². The van der Waals surface area contributed by atoms with E-state index in [9.17, 15) is 18.3 Å². The van der Waals surface area contributed by atoms with Crippen molar-refractivity contribution < 1.29 is 18.3 Å².